The number of rotatable bonds is 1. The lowest BCUT2D eigenvalue weighted by molar-refractivity contribution is 0.475. The van der Waals surface area contributed by atoms with Gasteiger partial charge in [-0.1, -0.05) is 6.07 Å². The van der Waals surface area contributed by atoms with E-state index in [9.17, 15) is 9.90 Å². The molecule has 0 amide bonds. The molecular formula is C15H12N2O2. The molecule has 4 heteroatoms. The Labute approximate surface area is 109 Å². The summed E-state index contributed by atoms with van der Waals surface area (Å²) in [6, 6.07) is 13.7. The molecule has 2 aromatic carbocycles. The van der Waals surface area contributed by atoms with Crippen molar-refractivity contribution < 1.29 is 5.11 Å². The molecule has 0 spiro atoms. The van der Waals surface area contributed by atoms with Crippen LogP contribution in [0.2, 0.25) is 0 Å². The van der Waals surface area contributed by atoms with E-state index in [1.165, 1.54) is 0 Å². The number of aromatic nitrogens is 1. The third kappa shape index (κ3) is 1.93. The Morgan fingerprint density at radius 3 is 2.47 bits per heavy atom. The lowest BCUT2D eigenvalue weighted by Crippen LogP contribution is -2.08. The molecule has 0 unspecified atom stereocenters. The number of anilines is 1. The molecule has 0 atom stereocenters. The Morgan fingerprint density at radius 1 is 1.00 bits per heavy atom. The summed E-state index contributed by atoms with van der Waals surface area (Å²) < 4.78 is 0. The smallest absolute Gasteiger partial charge is 0.256 e. The molecule has 0 aliphatic heterocycles. The van der Waals surface area contributed by atoms with Crippen molar-refractivity contribution in [1.82, 2.24) is 4.98 Å². The summed E-state index contributed by atoms with van der Waals surface area (Å²) in [6.07, 6.45) is 0. The number of aromatic amines is 1. The van der Waals surface area contributed by atoms with Crippen molar-refractivity contribution in [1.29, 1.82) is 0 Å². The highest BCUT2D eigenvalue weighted by atomic mass is 16.3. The average molecular weight is 252 g/mol. The molecule has 1 aromatic heterocycles. The normalized spacial score (nSPS) is 10.7. The molecule has 0 radical (unpaired) electrons. The zero-order valence-corrected chi connectivity index (χ0v) is 10.1. The van der Waals surface area contributed by atoms with Gasteiger partial charge in [-0.2, -0.15) is 0 Å². The van der Waals surface area contributed by atoms with Crippen LogP contribution in [0.25, 0.3) is 22.0 Å². The third-order valence-corrected chi connectivity index (χ3v) is 3.10. The largest absolute Gasteiger partial charge is 0.508 e. The van der Waals surface area contributed by atoms with Crippen molar-refractivity contribution in [2.45, 2.75) is 0 Å². The maximum Gasteiger partial charge on any atom is 0.256 e. The molecule has 1 heterocycles. The number of phenolic OH excluding ortho intramolecular Hbond substituents is 1. The first-order chi connectivity index (χ1) is 9.15. The van der Waals surface area contributed by atoms with Crippen LogP contribution in [-0.4, -0.2) is 10.1 Å². The number of aromatic hydroxyl groups is 1. The quantitative estimate of drug-likeness (QED) is 0.582. The highest BCUT2D eigenvalue weighted by Crippen LogP contribution is 2.24. The predicted octanol–water partition coefficient (Wildman–Crippen LogP) is 2.48. The standard InChI is InChI=1S/C15H12N2O2/c16-13-3-1-2-11-12(13)8-14(17-15(11)19)9-4-6-10(18)7-5-9/h1-8,18H,16H2,(H,17,19). The number of nitrogens with two attached hydrogens (primary N) is 1. The molecule has 0 saturated heterocycles. The lowest BCUT2D eigenvalue weighted by atomic mass is 10.1. The van der Waals surface area contributed by atoms with Gasteiger partial charge in [0.25, 0.3) is 5.56 Å². The molecule has 4 nitrogen and oxygen atoms in total. The van der Waals surface area contributed by atoms with Crippen molar-refractivity contribution in [2.75, 3.05) is 5.73 Å². The Hall–Kier alpha value is -2.75. The second-order valence-electron chi connectivity index (χ2n) is 4.37. The molecule has 3 aromatic rings. The van der Waals surface area contributed by atoms with E-state index in [0.29, 0.717) is 16.8 Å². The van der Waals surface area contributed by atoms with E-state index in [1.54, 1.807) is 42.5 Å². The molecule has 3 rings (SSSR count). The first-order valence-corrected chi connectivity index (χ1v) is 5.86. The summed E-state index contributed by atoms with van der Waals surface area (Å²) in [7, 11) is 0. The summed E-state index contributed by atoms with van der Waals surface area (Å²) in [5.41, 5.74) is 7.80. The number of phenols is 1. The minimum absolute atomic E-state index is 0.173. The predicted molar refractivity (Wildman–Crippen MR) is 76.1 cm³/mol. The van der Waals surface area contributed by atoms with Crippen molar-refractivity contribution in [2.24, 2.45) is 0 Å². The molecule has 0 bridgehead atoms. The molecular weight excluding hydrogens is 240 g/mol. The van der Waals surface area contributed by atoms with Gasteiger partial charge < -0.3 is 15.8 Å². The van der Waals surface area contributed by atoms with Crippen LogP contribution in [0.1, 0.15) is 0 Å². The van der Waals surface area contributed by atoms with Gasteiger partial charge in [0.2, 0.25) is 0 Å². The van der Waals surface area contributed by atoms with Gasteiger partial charge in [0.15, 0.2) is 0 Å². The summed E-state index contributed by atoms with van der Waals surface area (Å²) in [5.74, 6) is 0.186. The average Bonchev–Trinajstić information content (AvgIpc) is 2.41. The molecule has 4 N–H and O–H groups in total. The maximum atomic E-state index is 12.0. The van der Waals surface area contributed by atoms with Crippen LogP contribution in [-0.2, 0) is 0 Å². The molecule has 0 aliphatic rings. The molecule has 19 heavy (non-hydrogen) atoms. The Balaban J connectivity index is 2.29. The first kappa shape index (κ1) is 11.3. The van der Waals surface area contributed by atoms with Crippen molar-refractivity contribution >= 4 is 16.5 Å². The number of H-pyrrole nitrogens is 1. The van der Waals surface area contributed by atoms with Crippen molar-refractivity contribution in [3.8, 4) is 17.0 Å². The highest BCUT2D eigenvalue weighted by Gasteiger charge is 2.06. The van der Waals surface area contributed by atoms with Gasteiger partial charge in [0.1, 0.15) is 5.75 Å². The zero-order chi connectivity index (χ0) is 13.4. The van der Waals surface area contributed by atoms with Crippen LogP contribution in [0.15, 0.2) is 53.3 Å². The highest BCUT2D eigenvalue weighted by molar-refractivity contribution is 5.94. The SMILES string of the molecule is Nc1cccc2c(=O)[nH]c(-c3ccc(O)cc3)cc12. The summed E-state index contributed by atoms with van der Waals surface area (Å²) in [5, 5.41) is 10.6. The third-order valence-electron chi connectivity index (χ3n) is 3.10. The van der Waals surface area contributed by atoms with Gasteiger partial charge in [-0.05, 0) is 48.0 Å². The number of nitrogens with one attached hydrogen (secondary N) is 1. The molecule has 0 fully saturated rings. The van der Waals surface area contributed by atoms with E-state index in [0.717, 1.165) is 10.9 Å². The van der Waals surface area contributed by atoms with Crippen molar-refractivity contribution in [3.63, 3.8) is 0 Å². The first-order valence-electron chi connectivity index (χ1n) is 5.86. The van der Waals surface area contributed by atoms with Crippen LogP contribution < -0.4 is 11.3 Å². The molecule has 0 aliphatic carbocycles. The zero-order valence-electron chi connectivity index (χ0n) is 10.1. The number of benzene rings is 2. The number of hydrogen-bond acceptors (Lipinski definition) is 3. The fraction of sp³-hybridized carbons (Fsp3) is 0. The topological polar surface area (TPSA) is 79.1 Å². The lowest BCUT2D eigenvalue weighted by Gasteiger charge is -2.06. The second kappa shape index (κ2) is 4.17. The van der Waals surface area contributed by atoms with Crippen LogP contribution in [0.5, 0.6) is 5.75 Å². The minimum atomic E-state index is -0.173. The van der Waals surface area contributed by atoms with Crippen LogP contribution >= 0.6 is 0 Å². The van der Waals surface area contributed by atoms with Crippen LogP contribution in [0, 0.1) is 0 Å². The van der Waals surface area contributed by atoms with Crippen LogP contribution in [0.4, 0.5) is 5.69 Å². The fourth-order valence-electron chi connectivity index (χ4n) is 2.11. The number of hydrogen-bond donors (Lipinski definition) is 3. The number of nitrogen functional groups attached to an aromatic ring is 1. The monoisotopic (exact) mass is 252 g/mol. The van der Waals surface area contributed by atoms with Gasteiger partial charge in [0, 0.05) is 22.2 Å². The van der Waals surface area contributed by atoms with Gasteiger partial charge in [-0.3, -0.25) is 4.79 Å². The Morgan fingerprint density at radius 2 is 1.74 bits per heavy atom. The molecule has 94 valence electrons. The Kier molecular flexibility index (Phi) is 2.49. The van der Waals surface area contributed by atoms with E-state index >= 15 is 0 Å². The van der Waals surface area contributed by atoms with E-state index in [2.05, 4.69) is 4.98 Å². The van der Waals surface area contributed by atoms with E-state index in [-0.39, 0.29) is 11.3 Å². The van der Waals surface area contributed by atoms with Crippen LogP contribution in [0.3, 0.4) is 0 Å². The number of fused-ring (bicyclic) bond motifs is 1. The van der Waals surface area contributed by atoms with E-state index < -0.39 is 0 Å². The van der Waals surface area contributed by atoms with Gasteiger partial charge >= 0.3 is 0 Å². The Bertz CT molecular complexity index is 804. The van der Waals surface area contributed by atoms with Gasteiger partial charge in [-0.25, -0.2) is 0 Å². The van der Waals surface area contributed by atoms with Gasteiger partial charge in [0.05, 0.1) is 0 Å². The summed E-state index contributed by atoms with van der Waals surface area (Å²) in [6.45, 7) is 0. The number of pyridine rings is 1. The minimum Gasteiger partial charge on any atom is -0.508 e. The van der Waals surface area contributed by atoms with E-state index in [4.69, 9.17) is 5.73 Å². The van der Waals surface area contributed by atoms with Crippen molar-refractivity contribution in [3.05, 3.63) is 58.9 Å². The second-order valence-corrected chi connectivity index (χ2v) is 4.37. The maximum absolute atomic E-state index is 12.0. The van der Waals surface area contributed by atoms with E-state index in [1.807, 2.05) is 6.07 Å². The van der Waals surface area contributed by atoms with Gasteiger partial charge in [-0.15, -0.1) is 0 Å². The summed E-state index contributed by atoms with van der Waals surface area (Å²) in [4.78, 5) is 14.9. The molecule has 0 saturated carbocycles. The summed E-state index contributed by atoms with van der Waals surface area (Å²) >= 11 is 0. The fourth-order valence-corrected chi connectivity index (χ4v) is 2.11.